The highest BCUT2D eigenvalue weighted by molar-refractivity contribution is 6.08. The molecule has 0 spiro atoms. The van der Waals surface area contributed by atoms with Crippen LogP contribution in [0.2, 0.25) is 0 Å². The fourth-order valence-corrected chi connectivity index (χ4v) is 5.13. The number of primary amides is 1. The van der Waals surface area contributed by atoms with Crippen molar-refractivity contribution >= 4 is 34.3 Å². The zero-order valence-corrected chi connectivity index (χ0v) is 22.0. The highest BCUT2D eigenvalue weighted by Gasteiger charge is 2.43. The highest BCUT2D eigenvalue weighted by atomic mass is 19.4. The normalized spacial score (nSPS) is 15.8. The van der Waals surface area contributed by atoms with Gasteiger partial charge in [-0.1, -0.05) is 19.1 Å². The topological polar surface area (TPSA) is 113 Å². The van der Waals surface area contributed by atoms with Crippen LogP contribution in [0.15, 0.2) is 54.7 Å². The summed E-state index contributed by atoms with van der Waals surface area (Å²) >= 11 is 0. The Balaban J connectivity index is 1.43. The number of pyridine rings is 1. The molecular weight excluding hydrogens is 542 g/mol. The zero-order valence-electron chi connectivity index (χ0n) is 22.0. The smallest absolute Gasteiger partial charge is 0.454 e. The summed E-state index contributed by atoms with van der Waals surface area (Å²) in [4.78, 5) is 33.1. The maximum absolute atomic E-state index is 13.5. The molecule has 2 aromatic heterocycles. The number of anilines is 2. The maximum Gasteiger partial charge on any atom is 0.490 e. The van der Waals surface area contributed by atoms with E-state index in [0.29, 0.717) is 48.3 Å². The number of halogens is 4. The largest absolute Gasteiger partial charge is 0.490 e. The Kier molecular flexibility index (Phi) is 7.68. The van der Waals surface area contributed by atoms with Crippen molar-refractivity contribution in [1.82, 2.24) is 14.9 Å². The summed E-state index contributed by atoms with van der Waals surface area (Å²) in [5, 5.41) is 3.99. The number of hydrogen-bond donors (Lipinski definition) is 3. The van der Waals surface area contributed by atoms with Crippen molar-refractivity contribution in [2.45, 2.75) is 38.6 Å². The molecular formula is C29H27F4N5O3. The van der Waals surface area contributed by atoms with Gasteiger partial charge in [0.2, 0.25) is 0 Å². The fourth-order valence-electron chi connectivity index (χ4n) is 5.13. The Hall–Kier alpha value is -4.45. The number of likely N-dealkylation sites (tertiary alicyclic amines) is 1. The van der Waals surface area contributed by atoms with Crippen LogP contribution in [0.25, 0.3) is 22.3 Å². The molecule has 0 aliphatic carbocycles. The van der Waals surface area contributed by atoms with Crippen LogP contribution in [0.4, 0.5) is 28.9 Å². The summed E-state index contributed by atoms with van der Waals surface area (Å²) in [6.07, 6.45) is -3.54. The van der Waals surface area contributed by atoms with Crippen LogP contribution in [0.5, 0.6) is 0 Å². The average Bonchev–Trinajstić information content (AvgIpc) is 3.56. The number of benzene rings is 2. The highest BCUT2D eigenvalue weighted by Crippen LogP contribution is 2.35. The van der Waals surface area contributed by atoms with Crippen LogP contribution in [0, 0.1) is 5.82 Å². The summed E-state index contributed by atoms with van der Waals surface area (Å²) in [5.74, 6) is -3.21. The molecule has 5 rings (SSSR count). The lowest BCUT2D eigenvalue weighted by atomic mass is 10.0. The van der Waals surface area contributed by atoms with Crippen molar-refractivity contribution < 1.29 is 31.9 Å². The standard InChI is InChI=1S/C29H27F4N5O3/c1-2-20-17(14-38-11-10-19(15-38)41-28(40)29(31,32)33)4-3-5-23(20)36-25-21-12-24(16-6-8-18(30)9-7-16)37-27(21)35-13-22(25)26(34)39/h3-9,12-13,19H,2,10-11,14-15H2,1H3,(H2,34,39)(H2,35,36,37). The molecule has 0 radical (unpaired) electrons. The number of nitrogens with two attached hydrogens (primary N) is 1. The van der Waals surface area contributed by atoms with Crippen LogP contribution < -0.4 is 11.1 Å². The molecule has 1 fully saturated rings. The Labute approximate surface area is 232 Å². The van der Waals surface area contributed by atoms with E-state index in [9.17, 15) is 27.2 Å². The van der Waals surface area contributed by atoms with Gasteiger partial charge in [0.1, 0.15) is 17.6 Å². The minimum atomic E-state index is -5.02. The number of carbonyl (C=O) groups is 2. The van der Waals surface area contributed by atoms with Gasteiger partial charge in [-0.2, -0.15) is 13.2 Å². The number of ether oxygens (including phenoxy) is 1. The van der Waals surface area contributed by atoms with Gasteiger partial charge < -0.3 is 20.8 Å². The zero-order chi connectivity index (χ0) is 29.3. The van der Waals surface area contributed by atoms with Gasteiger partial charge >= 0.3 is 12.1 Å². The number of rotatable bonds is 8. The van der Waals surface area contributed by atoms with Crippen molar-refractivity contribution in [3.8, 4) is 11.3 Å². The maximum atomic E-state index is 13.5. The van der Waals surface area contributed by atoms with Crippen LogP contribution in [-0.4, -0.2) is 52.1 Å². The predicted molar refractivity (Wildman–Crippen MR) is 145 cm³/mol. The minimum absolute atomic E-state index is 0.184. The molecule has 4 aromatic rings. The lowest BCUT2D eigenvalue weighted by molar-refractivity contribution is -0.204. The van der Waals surface area contributed by atoms with Crippen LogP contribution >= 0.6 is 0 Å². The number of aromatic amines is 1. The summed E-state index contributed by atoms with van der Waals surface area (Å²) in [6.45, 7) is 3.08. The second-order valence-corrected chi connectivity index (χ2v) is 9.83. The summed E-state index contributed by atoms with van der Waals surface area (Å²) in [5.41, 5.74) is 10.9. The van der Waals surface area contributed by atoms with Crippen molar-refractivity contribution in [3.63, 3.8) is 0 Å². The van der Waals surface area contributed by atoms with Gasteiger partial charge in [0.25, 0.3) is 5.91 Å². The summed E-state index contributed by atoms with van der Waals surface area (Å²) in [7, 11) is 0. The molecule has 1 aliphatic rings. The van der Waals surface area contributed by atoms with E-state index in [1.54, 1.807) is 12.1 Å². The molecule has 2 aromatic carbocycles. The molecule has 1 aliphatic heterocycles. The van der Waals surface area contributed by atoms with Gasteiger partial charge in [-0.3, -0.25) is 9.69 Å². The number of fused-ring (bicyclic) bond motifs is 1. The molecule has 12 heteroatoms. The number of nitrogens with one attached hydrogen (secondary N) is 2. The molecule has 1 amide bonds. The molecule has 0 bridgehead atoms. The average molecular weight is 570 g/mol. The third-order valence-electron chi connectivity index (χ3n) is 7.09. The van der Waals surface area contributed by atoms with Crippen molar-refractivity contribution in [1.29, 1.82) is 0 Å². The number of aromatic nitrogens is 2. The van der Waals surface area contributed by atoms with Gasteiger partial charge in [0.05, 0.1) is 11.3 Å². The Bertz CT molecular complexity index is 1600. The number of hydrogen-bond acceptors (Lipinski definition) is 6. The van der Waals surface area contributed by atoms with E-state index in [2.05, 4.69) is 20.0 Å². The van der Waals surface area contributed by atoms with Gasteiger partial charge in [-0.15, -0.1) is 0 Å². The SMILES string of the molecule is CCc1c(CN2CCC(OC(=O)C(F)(F)F)C2)cccc1Nc1c(C(N)=O)cnc2[nH]c(-c3ccc(F)cc3)cc12. The first-order valence-corrected chi connectivity index (χ1v) is 13.0. The van der Waals surface area contributed by atoms with Crippen LogP contribution in [-0.2, 0) is 22.5 Å². The summed E-state index contributed by atoms with van der Waals surface area (Å²) in [6, 6.07) is 13.4. The quantitative estimate of drug-likeness (QED) is 0.192. The predicted octanol–water partition coefficient (Wildman–Crippen LogP) is 5.45. The Morgan fingerprint density at radius 1 is 1.20 bits per heavy atom. The first-order valence-electron chi connectivity index (χ1n) is 13.0. The molecule has 41 heavy (non-hydrogen) atoms. The van der Waals surface area contributed by atoms with E-state index in [1.165, 1.54) is 18.3 Å². The Morgan fingerprint density at radius 2 is 1.95 bits per heavy atom. The van der Waals surface area contributed by atoms with Crippen LogP contribution in [0.3, 0.4) is 0 Å². The van der Waals surface area contributed by atoms with E-state index in [4.69, 9.17) is 5.73 Å². The van der Waals surface area contributed by atoms with Crippen LogP contribution in [0.1, 0.15) is 34.8 Å². The first kappa shape index (κ1) is 28.1. The number of carbonyl (C=O) groups excluding carboxylic acids is 2. The number of nitrogens with zero attached hydrogens (tertiary/aromatic N) is 2. The number of alkyl halides is 3. The number of H-pyrrole nitrogens is 1. The van der Waals surface area contributed by atoms with E-state index in [1.807, 2.05) is 36.1 Å². The van der Waals surface area contributed by atoms with E-state index >= 15 is 0 Å². The van der Waals surface area contributed by atoms with Gasteiger partial charge in [-0.05, 0) is 65.9 Å². The number of amides is 1. The second kappa shape index (κ2) is 11.2. The number of esters is 1. The second-order valence-electron chi connectivity index (χ2n) is 9.83. The fraction of sp³-hybridized carbons (Fsp3) is 0.276. The van der Waals surface area contributed by atoms with E-state index in [0.717, 1.165) is 22.4 Å². The lowest BCUT2D eigenvalue weighted by Crippen LogP contribution is -2.31. The third-order valence-corrected chi connectivity index (χ3v) is 7.09. The molecule has 0 saturated carbocycles. The first-order chi connectivity index (χ1) is 19.5. The minimum Gasteiger partial charge on any atom is -0.454 e. The summed E-state index contributed by atoms with van der Waals surface area (Å²) < 4.78 is 55.9. The van der Waals surface area contributed by atoms with Crippen molar-refractivity contribution in [2.75, 3.05) is 18.4 Å². The third kappa shape index (κ3) is 6.02. The molecule has 1 saturated heterocycles. The van der Waals surface area contributed by atoms with E-state index in [-0.39, 0.29) is 17.9 Å². The molecule has 8 nitrogen and oxygen atoms in total. The van der Waals surface area contributed by atoms with Crippen molar-refractivity contribution in [2.24, 2.45) is 5.73 Å². The van der Waals surface area contributed by atoms with Gasteiger partial charge in [-0.25, -0.2) is 14.2 Å². The lowest BCUT2D eigenvalue weighted by Gasteiger charge is -2.21. The molecule has 1 unspecified atom stereocenters. The monoisotopic (exact) mass is 569 g/mol. The molecule has 3 heterocycles. The van der Waals surface area contributed by atoms with Gasteiger partial charge in [0, 0.05) is 42.6 Å². The molecule has 4 N–H and O–H groups in total. The Morgan fingerprint density at radius 3 is 2.63 bits per heavy atom. The van der Waals surface area contributed by atoms with Crippen molar-refractivity contribution in [3.05, 3.63) is 77.2 Å². The molecule has 214 valence electrons. The van der Waals surface area contributed by atoms with E-state index < -0.39 is 24.2 Å². The van der Waals surface area contributed by atoms with Gasteiger partial charge in [0.15, 0.2) is 0 Å². The molecule has 1 atom stereocenters.